The van der Waals surface area contributed by atoms with Crippen molar-refractivity contribution >= 4 is 21.4 Å². The van der Waals surface area contributed by atoms with Crippen LogP contribution >= 0.6 is 0 Å². The summed E-state index contributed by atoms with van der Waals surface area (Å²) in [6.45, 7) is 1.92. The molecule has 1 aromatic heterocycles. The van der Waals surface area contributed by atoms with Crippen molar-refractivity contribution in [1.82, 2.24) is 4.98 Å². The van der Waals surface area contributed by atoms with Crippen LogP contribution in [0.15, 0.2) is 76.1 Å². The van der Waals surface area contributed by atoms with Gasteiger partial charge in [0.25, 0.3) is 0 Å². The number of methoxy groups -OCH3 is 1. The van der Waals surface area contributed by atoms with Gasteiger partial charge in [0, 0.05) is 18.0 Å². The maximum atomic E-state index is 13.3. The molecular formula is C23H20N2O3S. The van der Waals surface area contributed by atoms with Crippen LogP contribution in [0.25, 0.3) is 0 Å². The van der Waals surface area contributed by atoms with E-state index in [0.29, 0.717) is 21.7 Å². The molecule has 29 heavy (non-hydrogen) atoms. The van der Waals surface area contributed by atoms with Crippen LogP contribution < -0.4 is 0 Å². The monoisotopic (exact) mass is 404 g/mol. The molecule has 0 aliphatic heterocycles. The first kappa shape index (κ1) is 20.3. The van der Waals surface area contributed by atoms with Gasteiger partial charge in [0.1, 0.15) is 5.69 Å². The van der Waals surface area contributed by atoms with Gasteiger partial charge in [-0.15, -0.1) is 0 Å². The maximum Gasteiger partial charge on any atom is 0.356 e. The van der Waals surface area contributed by atoms with Crippen molar-refractivity contribution in [2.24, 2.45) is 4.36 Å². The second-order valence-electron chi connectivity index (χ2n) is 6.35. The number of rotatable bonds is 3. The third-order valence-electron chi connectivity index (χ3n) is 4.18. The zero-order valence-corrected chi connectivity index (χ0v) is 17.2. The van der Waals surface area contributed by atoms with Gasteiger partial charge in [0.15, 0.2) is 0 Å². The van der Waals surface area contributed by atoms with Crippen molar-refractivity contribution in [1.29, 1.82) is 0 Å². The molecule has 5 nitrogen and oxygen atoms in total. The first-order chi connectivity index (χ1) is 13.9. The van der Waals surface area contributed by atoms with E-state index in [9.17, 15) is 9.00 Å². The van der Waals surface area contributed by atoms with Crippen LogP contribution in [0.5, 0.6) is 0 Å². The van der Waals surface area contributed by atoms with Crippen molar-refractivity contribution in [2.75, 3.05) is 13.4 Å². The fraction of sp³-hybridized carbons (Fsp3) is 0.130. The largest absolute Gasteiger partial charge is 0.464 e. The Bertz CT molecular complexity index is 1230. The summed E-state index contributed by atoms with van der Waals surface area (Å²) in [5.74, 6) is 5.56. The van der Waals surface area contributed by atoms with E-state index in [0.717, 1.165) is 5.56 Å². The normalized spacial score (nSPS) is 12.2. The van der Waals surface area contributed by atoms with Crippen LogP contribution in [-0.2, 0) is 14.5 Å². The van der Waals surface area contributed by atoms with Gasteiger partial charge in [-0.05, 0) is 42.8 Å². The number of carbonyl (C=O) groups excluding carboxylic acids is 1. The molecule has 0 saturated heterocycles. The molecule has 146 valence electrons. The first-order valence-electron chi connectivity index (χ1n) is 8.84. The second-order valence-corrected chi connectivity index (χ2v) is 8.58. The maximum absolute atomic E-state index is 13.3. The Kier molecular flexibility index (Phi) is 6.10. The van der Waals surface area contributed by atoms with Crippen LogP contribution in [0.2, 0.25) is 0 Å². The first-order valence-corrected chi connectivity index (χ1v) is 10.8. The molecule has 0 aliphatic rings. The minimum Gasteiger partial charge on any atom is -0.464 e. The Morgan fingerprint density at radius 2 is 1.76 bits per heavy atom. The summed E-state index contributed by atoms with van der Waals surface area (Å²) in [7, 11) is -1.32. The van der Waals surface area contributed by atoms with E-state index < -0.39 is 15.7 Å². The second kappa shape index (κ2) is 8.72. The number of hydrogen-bond donors (Lipinski definition) is 0. The molecule has 0 bridgehead atoms. The molecule has 0 N–H and O–H groups in total. The summed E-state index contributed by atoms with van der Waals surface area (Å²) in [6, 6.07) is 18.1. The Morgan fingerprint density at radius 3 is 2.45 bits per heavy atom. The number of nitrogens with zero attached hydrogens (tertiary/aromatic N) is 2. The van der Waals surface area contributed by atoms with Crippen LogP contribution in [0.4, 0.5) is 5.69 Å². The Hall–Kier alpha value is -3.43. The number of benzene rings is 2. The zero-order valence-electron chi connectivity index (χ0n) is 16.4. The van der Waals surface area contributed by atoms with Crippen LogP contribution in [0.3, 0.4) is 0 Å². The molecule has 0 radical (unpaired) electrons. The van der Waals surface area contributed by atoms with Gasteiger partial charge < -0.3 is 4.74 Å². The van der Waals surface area contributed by atoms with E-state index in [2.05, 4.69) is 25.9 Å². The Labute approximate surface area is 171 Å². The fourth-order valence-corrected chi connectivity index (χ4v) is 4.34. The molecule has 0 saturated carbocycles. The standard InChI is InChI=1S/C23H20N2O3S/c1-17-8-4-7-11-22(17)29(3,27)25-20-10-6-5-9-19(20)14-12-18-13-15-21(24-16-18)23(26)28-2/h4-11,13,15-16H,1-3H3. The topological polar surface area (TPSA) is 68.6 Å². The molecule has 1 heterocycles. The summed E-state index contributed by atoms with van der Waals surface area (Å²) in [4.78, 5) is 16.2. The van der Waals surface area contributed by atoms with E-state index in [1.165, 1.54) is 13.3 Å². The molecular weight excluding hydrogens is 384 g/mol. The number of aryl methyl sites for hydroxylation is 1. The van der Waals surface area contributed by atoms with Crippen molar-refractivity contribution in [3.05, 3.63) is 89.2 Å². The quantitative estimate of drug-likeness (QED) is 0.480. The van der Waals surface area contributed by atoms with Crippen molar-refractivity contribution in [3.63, 3.8) is 0 Å². The van der Waals surface area contributed by atoms with E-state index >= 15 is 0 Å². The summed E-state index contributed by atoms with van der Waals surface area (Å²) in [5, 5.41) is 0. The number of esters is 1. The number of ether oxygens (including phenoxy) is 1. The number of aromatic nitrogens is 1. The minimum atomic E-state index is -2.62. The predicted molar refractivity (Wildman–Crippen MR) is 114 cm³/mol. The van der Waals surface area contributed by atoms with Crippen LogP contribution in [0.1, 0.15) is 27.2 Å². The SMILES string of the molecule is COC(=O)c1ccc(C#Cc2ccccc2N=S(C)(=O)c2ccccc2C)cn1. The highest BCUT2D eigenvalue weighted by atomic mass is 32.2. The highest BCUT2D eigenvalue weighted by Crippen LogP contribution is 2.24. The highest BCUT2D eigenvalue weighted by molar-refractivity contribution is 7.93. The fourth-order valence-electron chi connectivity index (χ4n) is 2.71. The third kappa shape index (κ3) is 4.89. The number of carbonyl (C=O) groups is 1. The minimum absolute atomic E-state index is 0.220. The van der Waals surface area contributed by atoms with E-state index in [1.807, 2.05) is 49.4 Å². The lowest BCUT2D eigenvalue weighted by molar-refractivity contribution is 0.0594. The van der Waals surface area contributed by atoms with Gasteiger partial charge in [-0.2, -0.15) is 4.36 Å². The van der Waals surface area contributed by atoms with Crippen LogP contribution in [0, 0.1) is 18.8 Å². The lowest BCUT2D eigenvalue weighted by Gasteiger charge is -2.08. The van der Waals surface area contributed by atoms with Crippen molar-refractivity contribution in [2.45, 2.75) is 11.8 Å². The lowest BCUT2D eigenvalue weighted by Crippen LogP contribution is -2.03. The summed E-state index contributed by atoms with van der Waals surface area (Å²) in [6.07, 6.45) is 3.14. The third-order valence-corrected chi connectivity index (χ3v) is 6.00. The molecule has 2 aromatic carbocycles. The molecule has 6 heteroatoms. The number of hydrogen-bond acceptors (Lipinski definition) is 5. The predicted octanol–water partition coefficient (Wildman–Crippen LogP) is 4.36. The molecule has 3 rings (SSSR count). The summed E-state index contributed by atoms with van der Waals surface area (Å²) < 4.78 is 22.4. The van der Waals surface area contributed by atoms with Crippen LogP contribution in [-0.4, -0.2) is 28.5 Å². The average Bonchev–Trinajstić information content (AvgIpc) is 2.73. The molecule has 0 aliphatic carbocycles. The van der Waals surface area contributed by atoms with E-state index in [1.54, 1.807) is 24.5 Å². The van der Waals surface area contributed by atoms with Gasteiger partial charge in [-0.3, -0.25) is 0 Å². The average molecular weight is 404 g/mol. The zero-order chi connectivity index (χ0) is 20.9. The lowest BCUT2D eigenvalue weighted by atomic mass is 10.1. The summed E-state index contributed by atoms with van der Waals surface area (Å²) in [5.41, 5.74) is 3.02. The molecule has 1 atom stereocenters. The highest BCUT2D eigenvalue weighted by Gasteiger charge is 2.10. The van der Waals surface area contributed by atoms with E-state index in [4.69, 9.17) is 0 Å². The van der Waals surface area contributed by atoms with Gasteiger partial charge in [-0.1, -0.05) is 42.2 Å². The molecule has 3 aromatic rings. The van der Waals surface area contributed by atoms with Crippen molar-refractivity contribution < 1.29 is 13.7 Å². The molecule has 1 unspecified atom stereocenters. The molecule has 0 amide bonds. The Morgan fingerprint density at radius 1 is 1.03 bits per heavy atom. The molecule has 0 fully saturated rings. The van der Waals surface area contributed by atoms with Crippen molar-refractivity contribution in [3.8, 4) is 11.8 Å². The van der Waals surface area contributed by atoms with Gasteiger partial charge >= 0.3 is 5.97 Å². The number of pyridine rings is 1. The van der Waals surface area contributed by atoms with Gasteiger partial charge in [0.05, 0.1) is 33.0 Å². The molecule has 0 spiro atoms. The van der Waals surface area contributed by atoms with Gasteiger partial charge in [-0.25, -0.2) is 14.0 Å². The summed E-state index contributed by atoms with van der Waals surface area (Å²) >= 11 is 0. The van der Waals surface area contributed by atoms with E-state index in [-0.39, 0.29) is 5.69 Å². The van der Waals surface area contributed by atoms with Gasteiger partial charge in [0.2, 0.25) is 0 Å². The smallest absolute Gasteiger partial charge is 0.356 e. The Balaban J connectivity index is 1.97.